The summed E-state index contributed by atoms with van der Waals surface area (Å²) < 4.78 is 29.7. The normalized spacial score (nSPS) is 15.4. The molecule has 0 aromatic carbocycles. The van der Waals surface area contributed by atoms with E-state index in [-0.39, 0.29) is 24.0 Å². The fraction of sp³-hybridized carbons (Fsp3) is 0.917. The van der Waals surface area contributed by atoms with Gasteiger partial charge in [0.2, 0.25) is 10.0 Å². The third kappa shape index (κ3) is 13.3. The Labute approximate surface area is 144 Å². The third-order valence-electron chi connectivity index (χ3n) is 2.81. The summed E-state index contributed by atoms with van der Waals surface area (Å²) in [6, 6.07) is 0. The smallest absolute Gasteiger partial charge is 0.208 e. The molecule has 21 heavy (non-hydrogen) atoms. The number of hydrogen-bond acceptors (Lipinski definition) is 4. The number of hydrogen-bond donors (Lipinski definition) is 3. The maximum atomic E-state index is 10.9. The molecule has 0 bridgehead atoms. The number of sulfonamides is 1. The molecule has 0 amide bonds. The van der Waals surface area contributed by atoms with Crippen LogP contribution in [0, 0.1) is 5.92 Å². The second-order valence-corrected chi connectivity index (χ2v) is 6.80. The van der Waals surface area contributed by atoms with Gasteiger partial charge in [-0.25, -0.2) is 13.1 Å². The maximum absolute atomic E-state index is 10.9. The minimum Gasteiger partial charge on any atom is -0.381 e. The van der Waals surface area contributed by atoms with Crippen molar-refractivity contribution in [1.82, 2.24) is 15.4 Å². The van der Waals surface area contributed by atoms with E-state index in [1.165, 1.54) is 12.8 Å². The molecule has 0 atom stereocenters. The van der Waals surface area contributed by atoms with Gasteiger partial charge in [0.15, 0.2) is 5.96 Å². The highest BCUT2D eigenvalue weighted by atomic mass is 127. The number of guanidine groups is 1. The van der Waals surface area contributed by atoms with E-state index in [0.717, 1.165) is 38.4 Å². The van der Waals surface area contributed by atoms with E-state index < -0.39 is 10.0 Å². The van der Waals surface area contributed by atoms with E-state index in [9.17, 15) is 8.42 Å². The lowest BCUT2D eigenvalue weighted by molar-refractivity contribution is 0.123. The SMILES string of the molecule is CN=C(NCCCOCC1CC1)NCCNS(C)(=O)=O.I. The van der Waals surface area contributed by atoms with Crippen molar-refractivity contribution in [2.24, 2.45) is 10.9 Å². The zero-order chi connectivity index (χ0) is 14.8. The predicted octanol–water partition coefficient (Wildman–Crippen LogP) is 0.135. The Balaban J connectivity index is 0.00000400. The van der Waals surface area contributed by atoms with Crippen molar-refractivity contribution in [3.05, 3.63) is 0 Å². The average molecular weight is 434 g/mol. The molecule has 7 nitrogen and oxygen atoms in total. The first-order valence-electron chi connectivity index (χ1n) is 6.98. The van der Waals surface area contributed by atoms with Crippen LogP contribution in [0.25, 0.3) is 0 Å². The van der Waals surface area contributed by atoms with E-state index in [1.807, 2.05) is 0 Å². The Morgan fingerprint density at radius 2 is 1.90 bits per heavy atom. The second-order valence-electron chi connectivity index (χ2n) is 4.96. The quantitative estimate of drug-likeness (QED) is 0.197. The first-order chi connectivity index (χ1) is 9.51. The Morgan fingerprint density at radius 3 is 2.48 bits per heavy atom. The summed E-state index contributed by atoms with van der Waals surface area (Å²) in [7, 11) is -1.44. The number of nitrogens with one attached hydrogen (secondary N) is 3. The molecule has 1 saturated carbocycles. The van der Waals surface area contributed by atoms with Crippen molar-refractivity contribution in [2.75, 3.05) is 46.2 Å². The summed E-state index contributed by atoms with van der Waals surface area (Å²) in [6.07, 6.45) is 4.70. The second kappa shape index (κ2) is 11.4. The van der Waals surface area contributed by atoms with E-state index >= 15 is 0 Å². The van der Waals surface area contributed by atoms with Crippen LogP contribution >= 0.6 is 24.0 Å². The highest BCUT2D eigenvalue weighted by molar-refractivity contribution is 14.0. The summed E-state index contributed by atoms with van der Waals surface area (Å²) in [6.45, 7) is 3.26. The van der Waals surface area contributed by atoms with Crippen LogP contribution in [0.4, 0.5) is 0 Å². The van der Waals surface area contributed by atoms with Crippen LogP contribution in [-0.4, -0.2) is 60.5 Å². The fourth-order valence-electron chi connectivity index (χ4n) is 1.55. The molecule has 1 rings (SSSR count). The van der Waals surface area contributed by atoms with Crippen molar-refractivity contribution < 1.29 is 13.2 Å². The van der Waals surface area contributed by atoms with Gasteiger partial charge < -0.3 is 15.4 Å². The topological polar surface area (TPSA) is 91.8 Å². The molecule has 0 aliphatic heterocycles. The molecule has 1 fully saturated rings. The van der Waals surface area contributed by atoms with Crippen molar-refractivity contribution >= 4 is 40.0 Å². The van der Waals surface area contributed by atoms with Crippen LogP contribution < -0.4 is 15.4 Å². The lowest BCUT2D eigenvalue weighted by Crippen LogP contribution is -2.41. The molecule has 9 heteroatoms. The van der Waals surface area contributed by atoms with Crippen LogP contribution in [0.3, 0.4) is 0 Å². The minimum atomic E-state index is -3.12. The Morgan fingerprint density at radius 1 is 1.24 bits per heavy atom. The summed E-state index contributed by atoms with van der Waals surface area (Å²) in [5, 5.41) is 6.18. The van der Waals surface area contributed by atoms with Crippen molar-refractivity contribution in [1.29, 1.82) is 0 Å². The zero-order valence-corrected chi connectivity index (χ0v) is 15.9. The molecule has 0 heterocycles. The molecule has 0 radical (unpaired) electrons. The van der Waals surface area contributed by atoms with Crippen LogP contribution in [0.1, 0.15) is 19.3 Å². The van der Waals surface area contributed by atoms with Gasteiger partial charge in [-0.2, -0.15) is 0 Å². The molecule has 0 aromatic rings. The standard InChI is InChI=1S/C12H26N4O3S.HI/c1-13-12(15-7-8-16-20(2,17)18)14-6-3-9-19-10-11-4-5-11;/h11,16H,3-10H2,1-2H3,(H2,13,14,15);1H. The molecule has 0 unspecified atom stereocenters. The monoisotopic (exact) mass is 434 g/mol. The Hall–Kier alpha value is -0.130. The lowest BCUT2D eigenvalue weighted by atomic mass is 10.4. The number of halogens is 1. The van der Waals surface area contributed by atoms with Gasteiger partial charge >= 0.3 is 0 Å². The van der Waals surface area contributed by atoms with Gasteiger partial charge in [0, 0.05) is 39.9 Å². The summed E-state index contributed by atoms with van der Waals surface area (Å²) in [5.74, 6) is 1.47. The summed E-state index contributed by atoms with van der Waals surface area (Å²) in [5.41, 5.74) is 0. The number of rotatable bonds is 10. The highest BCUT2D eigenvalue weighted by Gasteiger charge is 2.20. The highest BCUT2D eigenvalue weighted by Crippen LogP contribution is 2.28. The molecule has 3 N–H and O–H groups in total. The molecular formula is C12H27IN4O3S. The first kappa shape index (κ1) is 20.9. The molecular weight excluding hydrogens is 407 g/mol. The van der Waals surface area contributed by atoms with Crippen molar-refractivity contribution in [2.45, 2.75) is 19.3 Å². The maximum Gasteiger partial charge on any atom is 0.208 e. The van der Waals surface area contributed by atoms with Gasteiger partial charge in [0.05, 0.1) is 6.26 Å². The average Bonchev–Trinajstić information content (AvgIpc) is 3.18. The molecule has 1 aliphatic carbocycles. The van der Waals surface area contributed by atoms with Gasteiger partial charge in [-0.1, -0.05) is 0 Å². The van der Waals surface area contributed by atoms with Gasteiger partial charge in [0.25, 0.3) is 0 Å². The third-order valence-corrected chi connectivity index (χ3v) is 3.54. The van der Waals surface area contributed by atoms with Crippen LogP contribution in [0.2, 0.25) is 0 Å². The van der Waals surface area contributed by atoms with E-state index in [0.29, 0.717) is 19.0 Å². The van der Waals surface area contributed by atoms with E-state index in [4.69, 9.17) is 4.74 Å². The van der Waals surface area contributed by atoms with Crippen LogP contribution in [0.5, 0.6) is 0 Å². The zero-order valence-electron chi connectivity index (χ0n) is 12.7. The summed E-state index contributed by atoms with van der Waals surface area (Å²) in [4.78, 5) is 4.05. The fourth-order valence-corrected chi connectivity index (χ4v) is 2.03. The molecule has 126 valence electrons. The lowest BCUT2D eigenvalue weighted by Gasteiger charge is -2.12. The minimum absolute atomic E-state index is 0. The molecule has 1 aliphatic rings. The number of aliphatic imine (C=N–C) groups is 1. The number of ether oxygens (including phenoxy) is 1. The van der Waals surface area contributed by atoms with Gasteiger partial charge in [-0.15, -0.1) is 24.0 Å². The Kier molecular flexibility index (Phi) is 11.4. The summed E-state index contributed by atoms with van der Waals surface area (Å²) >= 11 is 0. The van der Waals surface area contributed by atoms with Gasteiger partial charge in [-0.05, 0) is 25.2 Å². The van der Waals surface area contributed by atoms with Crippen LogP contribution in [0.15, 0.2) is 4.99 Å². The van der Waals surface area contributed by atoms with E-state index in [1.54, 1.807) is 7.05 Å². The molecule has 0 spiro atoms. The molecule has 0 aromatic heterocycles. The van der Waals surface area contributed by atoms with E-state index in [2.05, 4.69) is 20.3 Å². The van der Waals surface area contributed by atoms with Crippen molar-refractivity contribution in [3.8, 4) is 0 Å². The van der Waals surface area contributed by atoms with Gasteiger partial charge in [0.1, 0.15) is 0 Å². The predicted molar refractivity (Wildman–Crippen MR) is 95.8 cm³/mol. The molecule has 0 saturated heterocycles. The first-order valence-corrected chi connectivity index (χ1v) is 8.87. The number of nitrogens with zero attached hydrogens (tertiary/aromatic N) is 1. The van der Waals surface area contributed by atoms with Gasteiger partial charge in [-0.3, -0.25) is 4.99 Å². The van der Waals surface area contributed by atoms with Crippen molar-refractivity contribution in [3.63, 3.8) is 0 Å². The Bertz CT molecular complexity index is 399. The largest absolute Gasteiger partial charge is 0.381 e. The van der Waals surface area contributed by atoms with Crippen LogP contribution in [-0.2, 0) is 14.8 Å².